The fourth-order valence-corrected chi connectivity index (χ4v) is 4.45. The Balaban J connectivity index is 3.73. The predicted molar refractivity (Wildman–Crippen MR) is 130 cm³/mol. The molecule has 1 atom stereocenters. The summed E-state index contributed by atoms with van der Waals surface area (Å²) in [6.45, 7) is 4.51. The van der Waals surface area contributed by atoms with Crippen molar-refractivity contribution in [2.45, 2.75) is 161 Å². The number of carbonyl (C=O) groups is 1. The Morgan fingerprint density at radius 1 is 0.533 bits per heavy atom. The van der Waals surface area contributed by atoms with Crippen LogP contribution in [0.1, 0.15) is 155 Å². The van der Waals surface area contributed by atoms with Gasteiger partial charge in [0.2, 0.25) is 0 Å². The predicted octanol–water partition coefficient (Wildman–Crippen LogP) is 8.67. The number of aliphatic hydroxyl groups excluding tert-OH is 1. The molecule has 0 radical (unpaired) electrons. The number of hydrogen-bond donors (Lipinski definition) is 2. The largest absolute Gasteiger partial charge is 0.479 e. The van der Waals surface area contributed by atoms with Crippen molar-refractivity contribution in [2.24, 2.45) is 5.92 Å². The molecule has 30 heavy (non-hydrogen) atoms. The molecule has 0 fully saturated rings. The number of rotatable bonds is 24. The van der Waals surface area contributed by atoms with E-state index in [-0.39, 0.29) is 5.92 Å². The lowest BCUT2D eigenvalue weighted by Gasteiger charge is -2.20. The van der Waals surface area contributed by atoms with E-state index in [1.807, 2.05) is 0 Å². The molecular weight excluding hydrogens is 372 g/mol. The monoisotopic (exact) mass is 426 g/mol. The fourth-order valence-electron chi connectivity index (χ4n) is 4.45. The van der Waals surface area contributed by atoms with Crippen molar-refractivity contribution in [3.63, 3.8) is 0 Å². The second-order valence-electron chi connectivity index (χ2n) is 9.48. The van der Waals surface area contributed by atoms with Gasteiger partial charge in [0.15, 0.2) is 6.10 Å². The molecule has 0 rings (SSSR count). The normalized spacial score (nSPS) is 12.5. The molecule has 0 amide bonds. The number of unbranched alkanes of at least 4 members (excludes halogenated alkanes) is 18. The standard InChI is InChI=1S/C27H54O3/c1-3-5-7-9-11-13-15-17-19-21-23-25(26(28)27(29)30)24-22-20-18-16-14-12-10-8-6-4-2/h25-26,28H,3-24H2,1-2H3,(H,29,30). The van der Waals surface area contributed by atoms with Crippen LogP contribution in [0.25, 0.3) is 0 Å². The summed E-state index contributed by atoms with van der Waals surface area (Å²) in [4.78, 5) is 11.3. The molecule has 0 aliphatic carbocycles. The molecule has 0 aromatic rings. The SMILES string of the molecule is CCCCCCCCCCCCC(CCCCCCCCCCCC)C(O)C(=O)O. The third-order valence-electron chi connectivity index (χ3n) is 6.56. The average molecular weight is 427 g/mol. The van der Waals surface area contributed by atoms with Gasteiger partial charge in [0.05, 0.1) is 0 Å². The number of carboxylic acids is 1. The van der Waals surface area contributed by atoms with Crippen molar-refractivity contribution in [1.82, 2.24) is 0 Å². The molecule has 0 saturated heterocycles. The van der Waals surface area contributed by atoms with Crippen LogP contribution in [-0.2, 0) is 4.79 Å². The third-order valence-corrected chi connectivity index (χ3v) is 6.56. The molecule has 0 bridgehead atoms. The van der Waals surface area contributed by atoms with Gasteiger partial charge in [0.25, 0.3) is 0 Å². The van der Waals surface area contributed by atoms with Gasteiger partial charge >= 0.3 is 5.97 Å². The van der Waals surface area contributed by atoms with Crippen LogP contribution in [0.4, 0.5) is 0 Å². The molecule has 0 spiro atoms. The van der Waals surface area contributed by atoms with Crippen molar-refractivity contribution >= 4 is 5.97 Å². The third kappa shape index (κ3) is 19.4. The van der Waals surface area contributed by atoms with Crippen LogP contribution in [0.5, 0.6) is 0 Å². The highest BCUT2D eigenvalue weighted by Gasteiger charge is 2.24. The molecule has 180 valence electrons. The number of aliphatic hydroxyl groups is 1. The minimum absolute atomic E-state index is 0.0643. The van der Waals surface area contributed by atoms with Gasteiger partial charge in [-0.05, 0) is 18.8 Å². The highest BCUT2D eigenvalue weighted by molar-refractivity contribution is 5.72. The molecule has 0 saturated carbocycles. The first-order chi connectivity index (χ1) is 14.6. The minimum Gasteiger partial charge on any atom is -0.479 e. The molecule has 0 aromatic carbocycles. The Bertz CT molecular complexity index is 332. The van der Waals surface area contributed by atoms with E-state index in [0.717, 1.165) is 25.7 Å². The summed E-state index contributed by atoms with van der Waals surface area (Å²) in [5.41, 5.74) is 0. The van der Waals surface area contributed by atoms with Gasteiger partial charge in [-0.15, -0.1) is 0 Å². The lowest BCUT2D eigenvalue weighted by molar-refractivity contribution is -0.150. The van der Waals surface area contributed by atoms with E-state index in [1.165, 1.54) is 116 Å². The van der Waals surface area contributed by atoms with E-state index in [4.69, 9.17) is 0 Å². The van der Waals surface area contributed by atoms with Crippen LogP contribution in [0, 0.1) is 5.92 Å². The molecule has 0 aromatic heterocycles. The van der Waals surface area contributed by atoms with Crippen LogP contribution in [0.2, 0.25) is 0 Å². The Labute approximate surface area is 188 Å². The van der Waals surface area contributed by atoms with E-state index in [1.54, 1.807) is 0 Å². The highest BCUT2D eigenvalue weighted by atomic mass is 16.4. The zero-order chi connectivity index (χ0) is 22.3. The average Bonchev–Trinajstić information content (AvgIpc) is 2.74. The quantitative estimate of drug-likeness (QED) is 0.152. The maximum atomic E-state index is 11.3. The zero-order valence-corrected chi connectivity index (χ0v) is 20.5. The van der Waals surface area contributed by atoms with E-state index in [0.29, 0.717) is 0 Å². The molecule has 1 unspecified atom stereocenters. The lowest BCUT2D eigenvalue weighted by Crippen LogP contribution is -2.29. The summed E-state index contributed by atoms with van der Waals surface area (Å²) in [6.07, 6.45) is 26.4. The summed E-state index contributed by atoms with van der Waals surface area (Å²) >= 11 is 0. The minimum atomic E-state index is -1.18. The summed E-state index contributed by atoms with van der Waals surface area (Å²) in [6, 6.07) is 0. The second kappa shape index (κ2) is 23.1. The van der Waals surface area contributed by atoms with Crippen LogP contribution >= 0.6 is 0 Å². The summed E-state index contributed by atoms with van der Waals surface area (Å²) in [5.74, 6) is -1.11. The van der Waals surface area contributed by atoms with Gasteiger partial charge in [-0.25, -0.2) is 4.79 Å². The van der Waals surface area contributed by atoms with Crippen molar-refractivity contribution in [3.05, 3.63) is 0 Å². The first-order valence-electron chi connectivity index (χ1n) is 13.5. The van der Waals surface area contributed by atoms with Gasteiger partial charge in [-0.2, -0.15) is 0 Å². The topological polar surface area (TPSA) is 57.5 Å². The smallest absolute Gasteiger partial charge is 0.332 e. The Kier molecular flexibility index (Phi) is 22.7. The maximum absolute atomic E-state index is 11.3. The fraction of sp³-hybridized carbons (Fsp3) is 0.963. The molecule has 3 nitrogen and oxygen atoms in total. The Morgan fingerprint density at radius 3 is 1.07 bits per heavy atom. The van der Waals surface area contributed by atoms with E-state index in [9.17, 15) is 15.0 Å². The molecule has 0 aliphatic heterocycles. The van der Waals surface area contributed by atoms with Gasteiger partial charge in [-0.3, -0.25) is 0 Å². The van der Waals surface area contributed by atoms with E-state index >= 15 is 0 Å². The number of hydrogen-bond acceptors (Lipinski definition) is 2. The van der Waals surface area contributed by atoms with E-state index < -0.39 is 12.1 Å². The molecule has 0 heterocycles. The first kappa shape index (κ1) is 29.4. The zero-order valence-electron chi connectivity index (χ0n) is 20.5. The van der Waals surface area contributed by atoms with Crippen LogP contribution < -0.4 is 0 Å². The van der Waals surface area contributed by atoms with Gasteiger partial charge < -0.3 is 10.2 Å². The molecular formula is C27H54O3. The van der Waals surface area contributed by atoms with Crippen LogP contribution in [-0.4, -0.2) is 22.3 Å². The summed E-state index contributed by atoms with van der Waals surface area (Å²) < 4.78 is 0. The number of aliphatic carboxylic acids is 1. The van der Waals surface area contributed by atoms with Crippen LogP contribution in [0.3, 0.4) is 0 Å². The van der Waals surface area contributed by atoms with Crippen molar-refractivity contribution < 1.29 is 15.0 Å². The summed E-state index contributed by atoms with van der Waals surface area (Å²) in [7, 11) is 0. The number of carboxylic acid groups (broad SMARTS) is 1. The Morgan fingerprint density at radius 2 is 0.800 bits per heavy atom. The molecule has 2 N–H and O–H groups in total. The van der Waals surface area contributed by atoms with Crippen molar-refractivity contribution in [3.8, 4) is 0 Å². The molecule has 0 aliphatic rings. The lowest BCUT2D eigenvalue weighted by atomic mass is 9.89. The second-order valence-corrected chi connectivity index (χ2v) is 9.48. The Hall–Kier alpha value is -0.570. The van der Waals surface area contributed by atoms with Gasteiger partial charge in [0, 0.05) is 0 Å². The van der Waals surface area contributed by atoms with Crippen molar-refractivity contribution in [2.75, 3.05) is 0 Å². The molecule has 3 heteroatoms. The van der Waals surface area contributed by atoms with Crippen molar-refractivity contribution in [1.29, 1.82) is 0 Å². The van der Waals surface area contributed by atoms with Gasteiger partial charge in [-0.1, -0.05) is 142 Å². The first-order valence-corrected chi connectivity index (χ1v) is 13.5. The van der Waals surface area contributed by atoms with E-state index in [2.05, 4.69) is 13.8 Å². The van der Waals surface area contributed by atoms with Crippen LogP contribution in [0.15, 0.2) is 0 Å². The van der Waals surface area contributed by atoms with Gasteiger partial charge in [0.1, 0.15) is 0 Å². The summed E-state index contributed by atoms with van der Waals surface area (Å²) in [5, 5.41) is 19.3. The maximum Gasteiger partial charge on any atom is 0.332 e. The highest BCUT2D eigenvalue weighted by Crippen LogP contribution is 2.23.